The lowest BCUT2D eigenvalue weighted by Crippen LogP contribution is -2.05. The second kappa shape index (κ2) is 11.6. The Morgan fingerprint density at radius 2 is 1.54 bits per heavy atom. The molecule has 5 nitrogen and oxygen atoms in total. The second-order valence-electron chi connectivity index (χ2n) is 6.19. The van der Waals surface area contributed by atoms with Crippen molar-refractivity contribution in [1.82, 2.24) is 0 Å². The number of ether oxygens (including phenoxy) is 3. The van der Waals surface area contributed by atoms with Crippen LogP contribution in [-0.4, -0.2) is 25.2 Å². The Morgan fingerprint density at radius 3 is 2.18 bits per heavy atom. The summed E-state index contributed by atoms with van der Waals surface area (Å²) in [5.41, 5.74) is 1.26. The fraction of sp³-hybridized carbons (Fsp3) is 0.304. The first-order chi connectivity index (χ1) is 13.6. The van der Waals surface area contributed by atoms with Gasteiger partial charge in [-0.2, -0.15) is 0 Å². The first-order valence-electron chi connectivity index (χ1n) is 9.52. The fourth-order valence-electron chi connectivity index (χ4n) is 2.26. The lowest BCUT2D eigenvalue weighted by molar-refractivity contribution is -0.128. The van der Waals surface area contributed by atoms with Gasteiger partial charge in [-0.3, -0.25) is 0 Å². The van der Waals surface area contributed by atoms with Gasteiger partial charge in [-0.15, -0.1) is 0 Å². The van der Waals surface area contributed by atoms with Gasteiger partial charge in [0.05, 0.1) is 18.8 Å². The van der Waals surface area contributed by atoms with Gasteiger partial charge in [0.1, 0.15) is 11.5 Å². The zero-order valence-electron chi connectivity index (χ0n) is 16.4. The number of benzene rings is 2. The topological polar surface area (TPSA) is 61.8 Å². The number of hydrogen-bond acceptors (Lipinski definition) is 5. The standard InChI is InChI=1S/C23H26O5/c1-3-5-17-26-20-11-13-21(14-12-20)28-22(24)15-8-18-6-9-19(10-7-18)23(25)27-16-4-2/h6-15H,3-5,16-17H2,1-2H3/b15-8+. The molecule has 2 aromatic carbocycles. The van der Waals surface area contributed by atoms with Crippen LogP contribution < -0.4 is 9.47 Å². The zero-order valence-corrected chi connectivity index (χ0v) is 16.4. The molecule has 0 spiro atoms. The van der Waals surface area contributed by atoms with E-state index in [0.29, 0.717) is 24.5 Å². The summed E-state index contributed by atoms with van der Waals surface area (Å²) in [6, 6.07) is 13.8. The van der Waals surface area contributed by atoms with Crippen LogP contribution in [0.4, 0.5) is 0 Å². The van der Waals surface area contributed by atoms with E-state index >= 15 is 0 Å². The van der Waals surface area contributed by atoms with Gasteiger partial charge in [0.2, 0.25) is 0 Å². The molecule has 0 unspecified atom stereocenters. The monoisotopic (exact) mass is 382 g/mol. The van der Waals surface area contributed by atoms with Gasteiger partial charge in [-0.05, 0) is 60.9 Å². The zero-order chi connectivity index (χ0) is 20.2. The van der Waals surface area contributed by atoms with E-state index in [1.165, 1.54) is 6.08 Å². The Kier molecular flexibility index (Phi) is 8.79. The summed E-state index contributed by atoms with van der Waals surface area (Å²) in [4.78, 5) is 23.7. The Labute approximate surface area is 165 Å². The first kappa shape index (κ1) is 21.2. The average molecular weight is 382 g/mol. The van der Waals surface area contributed by atoms with Crippen LogP contribution in [0.5, 0.6) is 11.5 Å². The molecule has 0 aliphatic heterocycles. The Hall–Kier alpha value is -3.08. The normalized spacial score (nSPS) is 10.6. The molecule has 0 bridgehead atoms. The lowest BCUT2D eigenvalue weighted by atomic mass is 10.1. The quantitative estimate of drug-likeness (QED) is 0.249. The van der Waals surface area contributed by atoms with Crippen LogP contribution >= 0.6 is 0 Å². The molecule has 0 aromatic heterocycles. The highest BCUT2D eigenvalue weighted by molar-refractivity contribution is 5.91. The summed E-state index contributed by atoms with van der Waals surface area (Å²) >= 11 is 0. The Balaban J connectivity index is 1.85. The van der Waals surface area contributed by atoms with Crippen molar-refractivity contribution in [2.75, 3.05) is 13.2 Å². The van der Waals surface area contributed by atoms with E-state index in [4.69, 9.17) is 14.2 Å². The van der Waals surface area contributed by atoms with Gasteiger partial charge < -0.3 is 14.2 Å². The number of carbonyl (C=O) groups excluding carboxylic acids is 2. The number of rotatable bonds is 10. The van der Waals surface area contributed by atoms with Crippen molar-refractivity contribution in [3.63, 3.8) is 0 Å². The molecule has 0 fully saturated rings. The van der Waals surface area contributed by atoms with Gasteiger partial charge in [0.15, 0.2) is 0 Å². The summed E-state index contributed by atoms with van der Waals surface area (Å²) in [6.45, 7) is 5.12. The van der Waals surface area contributed by atoms with Gasteiger partial charge in [0.25, 0.3) is 0 Å². The number of esters is 2. The molecule has 2 rings (SSSR count). The van der Waals surface area contributed by atoms with Crippen molar-refractivity contribution in [2.24, 2.45) is 0 Å². The van der Waals surface area contributed by atoms with Gasteiger partial charge in [0, 0.05) is 6.08 Å². The molecule has 0 heterocycles. The molecule has 2 aromatic rings. The number of hydrogen-bond donors (Lipinski definition) is 0. The lowest BCUT2D eigenvalue weighted by Gasteiger charge is -2.06. The van der Waals surface area contributed by atoms with Crippen molar-refractivity contribution in [3.8, 4) is 11.5 Å². The number of carbonyl (C=O) groups is 2. The third kappa shape index (κ3) is 7.27. The van der Waals surface area contributed by atoms with Gasteiger partial charge in [-0.1, -0.05) is 32.4 Å². The molecule has 0 saturated heterocycles. The predicted octanol–water partition coefficient (Wildman–Crippen LogP) is 5.05. The van der Waals surface area contributed by atoms with E-state index in [9.17, 15) is 9.59 Å². The van der Waals surface area contributed by atoms with Crippen LogP contribution in [0.1, 0.15) is 49.0 Å². The first-order valence-corrected chi connectivity index (χ1v) is 9.52. The van der Waals surface area contributed by atoms with Crippen LogP contribution in [0.3, 0.4) is 0 Å². The maximum Gasteiger partial charge on any atom is 0.338 e. The maximum atomic E-state index is 12.0. The Bertz CT molecular complexity index is 776. The van der Waals surface area contributed by atoms with E-state index in [1.807, 2.05) is 6.92 Å². The molecule has 0 saturated carbocycles. The largest absolute Gasteiger partial charge is 0.494 e. The van der Waals surface area contributed by atoms with Crippen LogP contribution in [0, 0.1) is 0 Å². The summed E-state index contributed by atoms with van der Waals surface area (Å²) < 4.78 is 15.9. The molecule has 28 heavy (non-hydrogen) atoms. The summed E-state index contributed by atoms with van der Waals surface area (Å²) in [5, 5.41) is 0. The molecule has 0 aliphatic carbocycles. The van der Waals surface area contributed by atoms with Crippen LogP contribution in [-0.2, 0) is 9.53 Å². The third-order valence-corrected chi connectivity index (χ3v) is 3.80. The third-order valence-electron chi connectivity index (χ3n) is 3.80. The number of unbranched alkanes of at least 4 members (excludes halogenated alkanes) is 1. The van der Waals surface area contributed by atoms with E-state index in [1.54, 1.807) is 54.6 Å². The van der Waals surface area contributed by atoms with E-state index in [0.717, 1.165) is 30.6 Å². The second-order valence-corrected chi connectivity index (χ2v) is 6.19. The van der Waals surface area contributed by atoms with Crippen LogP contribution in [0.25, 0.3) is 6.08 Å². The highest BCUT2D eigenvalue weighted by Gasteiger charge is 2.06. The van der Waals surface area contributed by atoms with Gasteiger partial charge in [-0.25, -0.2) is 9.59 Å². The van der Waals surface area contributed by atoms with Crippen molar-refractivity contribution < 1.29 is 23.8 Å². The Morgan fingerprint density at radius 1 is 0.857 bits per heavy atom. The molecule has 5 heteroatoms. The highest BCUT2D eigenvalue weighted by Crippen LogP contribution is 2.18. The summed E-state index contributed by atoms with van der Waals surface area (Å²) in [6.07, 6.45) is 5.83. The van der Waals surface area contributed by atoms with E-state index < -0.39 is 5.97 Å². The molecule has 0 N–H and O–H groups in total. The van der Waals surface area contributed by atoms with Crippen LogP contribution in [0.15, 0.2) is 54.6 Å². The molecule has 148 valence electrons. The molecule has 0 radical (unpaired) electrons. The molecular formula is C23H26O5. The molecule has 0 amide bonds. The summed E-state index contributed by atoms with van der Waals surface area (Å²) in [5.74, 6) is 0.373. The minimum Gasteiger partial charge on any atom is -0.494 e. The van der Waals surface area contributed by atoms with Crippen molar-refractivity contribution in [2.45, 2.75) is 33.1 Å². The fourth-order valence-corrected chi connectivity index (χ4v) is 2.26. The van der Waals surface area contributed by atoms with Gasteiger partial charge >= 0.3 is 11.9 Å². The highest BCUT2D eigenvalue weighted by atomic mass is 16.5. The maximum absolute atomic E-state index is 12.0. The van der Waals surface area contributed by atoms with Crippen molar-refractivity contribution in [1.29, 1.82) is 0 Å². The van der Waals surface area contributed by atoms with E-state index in [2.05, 4.69) is 6.92 Å². The molecule has 0 atom stereocenters. The van der Waals surface area contributed by atoms with Crippen molar-refractivity contribution in [3.05, 3.63) is 65.7 Å². The predicted molar refractivity (Wildman–Crippen MR) is 109 cm³/mol. The molecule has 0 aliphatic rings. The summed E-state index contributed by atoms with van der Waals surface area (Å²) in [7, 11) is 0. The van der Waals surface area contributed by atoms with Crippen LogP contribution in [0.2, 0.25) is 0 Å². The van der Waals surface area contributed by atoms with Crippen molar-refractivity contribution >= 4 is 18.0 Å². The minimum absolute atomic E-state index is 0.348. The SMILES string of the molecule is CCCCOc1ccc(OC(=O)/C=C/c2ccc(C(=O)OCCC)cc2)cc1. The minimum atomic E-state index is -0.480. The van der Waals surface area contributed by atoms with E-state index in [-0.39, 0.29) is 5.97 Å². The molecular weight excluding hydrogens is 356 g/mol. The smallest absolute Gasteiger partial charge is 0.338 e. The average Bonchev–Trinajstić information content (AvgIpc) is 2.72.